The van der Waals surface area contributed by atoms with Crippen LogP contribution in [0.4, 0.5) is 5.69 Å². The van der Waals surface area contributed by atoms with Gasteiger partial charge in [0.15, 0.2) is 0 Å². The Bertz CT molecular complexity index is 559. The molecular weight excluding hydrogens is 250 g/mol. The number of hydrogen-bond donors (Lipinski definition) is 1. The molecule has 0 aromatic carbocycles. The molecule has 96 valence electrons. The molecule has 5 nitrogen and oxygen atoms in total. The third kappa shape index (κ3) is 2.70. The Labute approximate surface area is 109 Å². The molecule has 18 heavy (non-hydrogen) atoms. The van der Waals surface area contributed by atoms with Crippen LogP contribution in [0.2, 0.25) is 0 Å². The summed E-state index contributed by atoms with van der Waals surface area (Å²) >= 11 is 1.48. The Kier molecular flexibility index (Phi) is 3.66. The Balaban J connectivity index is 2.03. The SMILES string of the molecule is CCn1cc(N)cc1C(=O)OCc1nc(C)cs1. The zero-order chi connectivity index (χ0) is 13.1. The highest BCUT2D eigenvalue weighted by atomic mass is 32.1. The predicted molar refractivity (Wildman–Crippen MR) is 70.5 cm³/mol. The van der Waals surface area contributed by atoms with E-state index in [0.717, 1.165) is 10.7 Å². The number of nitrogens with zero attached hydrogens (tertiary/aromatic N) is 2. The van der Waals surface area contributed by atoms with Crippen LogP contribution in [-0.2, 0) is 17.9 Å². The van der Waals surface area contributed by atoms with Gasteiger partial charge in [-0.2, -0.15) is 0 Å². The van der Waals surface area contributed by atoms with Crippen LogP contribution in [0.25, 0.3) is 0 Å². The molecule has 0 unspecified atom stereocenters. The van der Waals surface area contributed by atoms with E-state index >= 15 is 0 Å². The monoisotopic (exact) mass is 265 g/mol. The molecule has 0 aliphatic rings. The van der Waals surface area contributed by atoms with Crippen molar-refractivity contribution in [2.75, 3.05) is 5.73 Å². The van der Waals surface area contributed by atoms with E-state index in [1.807, 2.05) is 19.2 Å². The number of carbonyl (C=O) groups is 1. The van der Waals surface area contributed by atoms with Gasteiger partial charge in [0.2, 0.25) is 0 Å². The lowest BCUT2D eigenvalue weighted by atomic mass is 10.4. The summed E-state index contributed by atoms with van der Waals surface area (Å²) in [5.41, 5.74) is 7.64. The largest absolute Gasteiger partial charge is 0.454 e. The number of nitrogen functional groups attached to an aromatic ring is 1. The maximum Gasteiger partial charge on any atom is 0.355 e. The number of aryl methyl sites for hydroxylation is 2. The van der Waals surface area contributed by atoms with Crippen molar-refractivity contribution in [3.63, 3.8) is 0 Å². The highest BCUT2D eigenvalue weighted by Crippen LogP contribution is 2.14. The molecule has 0 saturated heterocycles. The van der Waals surface area contributed by atoms with Gasteiger partial charge < -0.3 is 15.0 Å². The average Bonchev–Trinajstić information content (AvgIpc) is 2.92. The Hall–Kier alpha value is -1.82. The van der Waals surface area contributed by atoms with E-state index in [1.165, 1.54) is 11.3 Å². The van der Waals surface area contributed by atoms with Gasteiger partial charge in [0.05, 0.1) is 5.69 Å². The lowest BCUT2D eigenvalue weighted by Gasteiger charge is -2.05. The van der Waals surface area contributed by atoms with Crippen molar-refractivity contribution >= 4 is 23.0 Å². The van der Waals surface area contributed by atoms with Crippen molar-refractivity contribution in [3.05, 3.63) is 34.0 Å². The van der Waals surface area contributed by atoms with Crippen molar-refractivity contribution in [3.8, 4) is 0 Å². The molecule has 0 amide bonds. The van der Waals surface area contributed by atoms with Gasteiger partial charge >= 0.3 is 5.97 Å². The van der Waals surface area contributed by atoms with Crippen LogP contribution < -0.4 is 5.73 Å². The van der Waals surface area contributed by atoms with Gasteiger partial charge in [-0.25, -0.2) is 9.78 Å². The highest BCUT2D eigenvalue weighted by molar-refractivity contribution is 7.09. The molecule has 0 fully saturated rings. The van der Waals surface area contributed by atoms with Gasteiger partial charge in [-0.15, -0.1) is 11.3 Å². The first-order chi connectivity index (χ1) is 8.60. The van der Waals surface area contributed by atoms with Crippen molar-refractivity contribution < 1.29 is 9.53 Å². The normalized spacial score (nSPS) is 10.6. The fraction of sp³-hybridized carbons (Fsp3) is 0.333. The Morgan fingerprint density at radius 2 is 2.39 bits per heavy atom. The molecule has 2 aromatic heterocycles. The summed E-state index contributed by atoms with van der Waals surface area (Å²) in [5, 5.41) is 2.72. The van der Waals surface area contributed by atoms with E-state index in [0.29, 0.717) is 17.9 Å². The zero-order valence-electron chi connectivity index (χ0n) is 10.3. The maximum absolute atomic E-state index is 11.9. The summed E-state index contributed by atoms with van der Waals surface area (Å²) < 4.78 is 6.98. The minimum Gasteiger partial charge on any atom is -0.454 e. The number of esters is 1. The third-order valence-corrected chi connectivity index (χ3v) is 3.40. The second-order valence-electron chi connectivity index (χ2n) is 3.90. The third-order valence-electron chi connectivity index (χ3n) is 2.46. The molecule has 0 radical (unpaired) electrons. The molecule has 0 atom stereocenters. The number of hydrogen-bond acceptors (Lipinski definition) is 5. The van der Waals surface area contributed by atoms with E-state index in [2.05, 4.69) is 4.98 Å². The standard InChI is InChI=1S/C12H15N3O2S/c1-3-15-5-9(13)4-10(15)12(16)17-6-11-14-8(2)7-18-11/h4-5,7H,3,6,13H2,1-2H3. The van der Waals surface area contributed by atoms with Crippen LogP contribution in [0.15, 0.2) is 17.6 Å². The quantitative estimate of drug-likeness (QED) is 0.860. The first-order valence-electron chi connectivity index (χ1n) is 5.64. The maximum atomic E-state index is 11.9. The van der Waals surface area contributed by atoms with Crippen LogP contribution in [0.5, 0.6) is 0 Å². The van der Waals surface area contributed by atoms with Gasteiger partial charge in [-0.3, -0.25) is 0 Å². The number of anilines is 1. The molecule has 6 heteroatoms. The van der Waals surface area contributed by atoms with Crippen molar-refractivity contribution in [1.82, 2.24) is 9.55 Å². The van der Waals surface area contributed by atoms with Crippen LogP contribution in [0.1, 0.15) is 28.1 Å². The molecule has 2 heterocycles. The van der Waals surface area contributed by atoms with Crippen LogP contribution in [0.3, 0.4) is 0 Å². The van der Waals surface area contributed by atoms with E-state index in [9.17, 15) is 4.79 Å². The van der Waals surface area contributed by atoms with Gasteiger partial charge in [0.25, 0.3) is 0 Å². The molecule has 2 rings (SSSR count). The lowest BCUT2D eigenvalue weighted by molar-refractivity contribution is 0.0460. The van der Waals surface area contributed by atoms with Gasteiger partial charge in [-0.05, 0) is 19.9 Å². The summed E-state index contributed by atoms with van der Waals surface area (Å²) in [5.74, 6) is -0.374. The molecule has 0 saturated carbocycles. The first-order valence-corrected chi connectivity index (χ1v) is 6.52. The number of nitrogens with two attached hydrogens (primary N) is 1. The van der Waals surface area contributed by atoms with Crippen LogP contribution in [0, 0.1) is 6.92 Å². The molecule has 0 aliphatic carbocycles. The summed E-state index contributed by atoms with van der Waals surface area (Å²) in [6.07, 6.45) is 1.73. The molecule has 2 aromatic rings. The van der Waals surface area contributed by atoms with E-state index in [4.69, 9.17) is 10.5 Å². The van der Waals surface area contributed by atoms with Crippen molar-refractivity contribution in [1.29, 1.82) is 0 Å². The Morgan fingerprint density at radius 3 is 3.00 bits per heavy atom. The smallest absolute Gasteiger partial charge is 0.355 e. The molecule has 0 bridgehead atoms. The molecule has 0 aliphatic heterocycles. The summed E-state index contributed by atoms with van der Waals surface area (Å²) in [7, 11) is 0. The minimum absolute atomic E-state index is 0.201. The van der Waals surface area contributed by atoms with E-state index in [-0.39, 0.29) is 12.6 Å². The fourth-order valence-electron chi connectivity index (χ4n) is 1.64. The number of aromatic nitrogens is 2. The summed E-state index contributed by atoms with van der Waals surface area (Å²) in [6, 6.07) is 1.62. The summed E-state index contributed by atoms with van der Waals surface area (Å²) in [6.45, 7) is 4.73. The second-order valence-corrected chi connectivity index (χ2v) is 4.85. The molecular formula is C12H15N3O2S. The van der Waals surface area contributed by atoms with Gasteiger partial charge in [-0.1, -0.05) is 0 Å². The average molecular weight is 265 g/mol. The van der Waals surface area contributed by atoms with E-state index < -0.39 is 0 Å². The van der Waals surface area contributed by atoms with Crippen LogP contribution in [-0.4, -0.2) is 15.5 Å². The minimum atomic E-state index is -0.374. The van der Waals surface area contributed by atoms with Crippen molar-refractivity contribution in [2.45, 2.75) is 27.0 Å². The zero-order valence-corrected chi connectivity index (χ0v) is 11.2. The predicted octanol–water partition coefficient (Wildman–Crippen LogP) is 2.21. The highest BCUT2D eigenvalue weighted by Gasteiger charge is 2.14. The number of rotatable bonds is 4. The van der Waals surface area contributed by atoms with E-state index in [1.54, 1.807) is 16.8 Å². The number of ether oxygens (including phenoxy) is 1. The molecule has 2 N–H and O–H groups in total. The fourth-order valence-corrected chi connectivity index (χ4v) is 2.32. The lowest BCUT2D eigenvalue weighted by Crippen LogP contribution is -2.11. The van der Waals surface area contributed by atoms with Gasteiger partial charge in [0.1, 0.15) is 17.3 Å². The number of thiazole rings is 1. The summed E-state index contributed by atoms with van der Waals surface area (Å²) in [4.78, 5) is 16.1. The van der Waals surface area contributed by atoms with Crippen LogP contribution >= 0.6 is 11.3 Å². The topological polar surface area (TPSA) is 70.1 Å². The second kappa shape index (κ2) is 5.22. The number of carbonyl (C=O) groups excluding carboxylic acids is 1. The molecule has 0 spiro atoms. The van der Waals surface area contributed by atoms with Crippen molar-refractivity contribution in [2.24, 2.45) is 0 Å². The van der Waals surface area contributed by atoms with Gasteiger partial charge in [0, 0.05) is 23.8 Å². The first kappa shape index (κ1) is 12.6. The Morgan fingerprint density at radius 1 is 1.61 bits per heavy atom.